The van der Waals surface area contributed by atoms with E-state index in [9.17, 15) is 15.1 Å². The van der Waals surface area contributed by atoms with Gasteiger partial charge < -0.3 is 14.7 Å². The minimum atomic E-state index is -0.765. The highest BCUT2D eigenvalue weighted by Gasteiger charge is 2.41. The van der Waals surface area contributed by atoms with Crippen LogP contribution in [0.15, 0.2) is 53.8 Å². The number of piperidine rings is 1. The summed E-state index contributed by atoms with van der Waals surface area (Å²) in [6.45, 7) is 4.37. The van der Waals surface area contributed by atoms with Crippen molar-refractivity contribution in [3.8, 4) is 5.75 Å². The highest BCUT2D eigenvalue weighted by atomic mass is 32.2. The Morgan fingerprint density at radius 1 is 1.25 bits per heavy atom. The fourth-order valence-corrected chi connectivity index (χ4v) is 5.91. The molecule has 1 aromatic carbocycles. The molecule has 1 amide bonds. The highest BCUT2D eigenvalue weighted by Crippen LogP contribution is 2.40. The molecule has 1 saturated heterocycles. The molecule has 8 nitrogen and oxygen atoms in total. The summed E-state index contributed by atoms with van der Waals surface area (Å²) in [4.78, 5) is 24.0. The van der Waals surface area contributed by atoms with Gasteiger partial charge in [-0.1, -0.05) is 6.07 Å². The number of rotatable bonds is 10. The second-order valence-corrected chi connectivity index (χ2v) is 10.5. The average Bonchev–Trinajstić information content (AvgIpc) is 2.92. The quantitative estimate of drug-likeness (QED) is 0.212. The average molecular weight is 511 g/mol. The van der Waals surface area contributed by atoms with Crippen molar-refractivity contribution in [1.82, 2.24) is 20.3 Å². The Balaban J connectivity index is 1.40. The summed E-state index contributed by atoms with van der Waals surface area (Å²) < 4.78 is 5.38. The summed E-state index contributed by atoms with van der Waals surface area (Å²) in [6.07, 6.45) is 4.94. The SMILES string of the molecule is COc1ccc2ncc(C)c([C@H](O)CCC3(C(=O)NO)CCN(CCSc4ccccn4)CC3)c2c1. The number of thioether (sulfide) groups is 1. The van der Waals surface area contributed by atoms with E-state index in [4.69, 9.17) is 4.74 Å². The van der Waals surface area contributed by atoms with Crippen LogP contribution in [-0.2, 0) is 4.79 Å². The molecular weight excluding hydrogens is 476 g/mol. The van der Waals surface area contributed by atoms with Gasteiger partial charge in [-0.25, -0.2) is 10.5 Å². The standard InChI is InChI=1S/C27H34N4O4S/c1-19-18-29-22-7-6-20(35-2)17-21(22)25(19)23(32)8-9-27(26(33)30-34)10-13-31(14-11-27)15-16-36-24-5-3-4-12-28-24/h3-7,12,17-18,23,32,34H,8-11,13-16H2,1-2H3,(H,30,33)/t23-/m1/s1. The zero-order valence-corrected chi connectivity index (χ0v) is 21.6. The molecule has 3 N–H and O–H groups in total. The Morgan fingerprint density at radius 2 is 2.06 bits per heavy atom. The Kier molecular flexibility index (Phi) is 8.79. The lowest BCUT2D eigenvalue weighted by molar-refractivity contribution is -0.143. The first-order chi connectivity index (χ1) is 17.5. The molecule has 9 heteroatoms. The van der Waals surface area contributed by atoms with Crippen LogP contribution in [0.25, 0.3) is 10.9 Å². The number of carbonyl (C=O) groups is 1. The lowest BCUT2D eigenvalue weighted by atomic mass is 9.73. The number of amides is 1. The molecule has 36 heavy (non-hydrogen) atoms. The van der Waals surface area contributed by atoms with Gasteiger partial charge in [-0.3, -0.25) is 15.0 Å². The minimum absolute atomic E-state index is 0.366. The normalized spacial score (nSPS) is 16.6. The molecule has 4 rings (SSSR count). The molecule has 1 aliphatic rings. The van der Waals surface area contributed by atoms with Gasteiger partial charge in [0.05, 0.1) is 29.2 Å². The second kappa shape index (κ2) is 12.0. The maximum Gasteiger partial charge on any atom is 0.249 e. The predicted octanol–water partition coefficient (Wildman–Crippen LogP) is 4.14. The summed E-state index contributed by atoms with van der Waals surface area (Å²) in [6, 6.07) is 11.5. The zero-order valence-electron chi connectivity index (χ0n) is 20.8. The third-order valence-electron chi connectivity index (χ3n) is 7.24. The van der Waals surface area contributed by atoms with Gasteiger partial charge in [0.1, 0.15) is 5.75 Å². The van der Waals surface area contributed by atoms with Gasteiger partial charge in [0.15, 0.2) is 0 Å². The molecule has 2 aromatic heterocycles. The van der Waals surface area contributed by atoms with E-state index < -0.39 is 11.5 Å². The van der Waals surface area contributed by atoms with Gasteiger partial charge >= 0.3 is 0 Å². The molecular formula is C27H34N4O4S. The number of benzene rings is 1. The summed E-state index contributed by atoms with van der Waals surface area (Å²) in [7, 11) is 1.61. The van der Waals surface area contributed by atoms with Crippen LogP contribution in [0.5, 0.6) is 5.75 Å². The van der Waals surface area contributed by atoms with Crippen molar-refractivity contribution >= 4 is 28.6 Å². The van der Waals surface area contributed by atoms with Crippen LogP contribution in [0.3, 0.4) is 0 Å². The summed E-state index contributed by atoms with van der Waals surface area (Å²) >= 11 is 1.72. The van der Waals surface area contributed by atoms with Crippen LogP contribution in [0.1, 0.15) is 42.9 Å². The van der Waals surface area contributed by atoms with Gasteiger partial charge in [-0.15, -0.1) is 11.8 Å². The van der Waals surface area contributed by atoms with Crippen molar-refractivity contribution in [3.05, 3.63) is 59.9 Å². The number of nitrogens with one attached hydrogen (secondary N) is 1. The van der Waals surface area contributed by atoms with Crippen molar-refractivity contribution in [2.45, 2.75) is 43.7 Å². The van der Waals surface area contributed by atoms with Crippen molar-refractivity contribution in [2.75, 3.05) is 32.5 Å². The monoisotopic (exact) mass is 510 g/mol. The number of ether oxygens (including phenoxy) is 1. The minimum Gasteiger partial charge on any atom is -0.497 e. The molecule has 0 saturated carbocycles. The van der Waals surface area contributed by atoms with E-state index in [0.717, 1.165) is 52.4 Å². The van der Waals surface area contributed by atoms with Gasteiger partial charge in [0.2, 0.25) is 5.91 Å². The number of hydrogen-bond acceptors (Lipinski definition) is 8. The molecule has 0 bridgehead atoms. The molecule has 1 fully saturated rings. The number of aromatic nitrogens is 2. The van der Waals surface area contributed by atoms with Crippen LogP contribution >= 0.6 is 11.8 Å². The van der Waals surface area contributed by atoms with E-state index in [1.165, 1.54) is 0 Å². The second-order valence-electron chi connectivity index (χ2n) is 9.37. The van der Waals surface area contributed by atoms with E-state index in [-0.39, 0.29) is 5.91 Å². The number of aryl methyl sites for hydroxylation is 1. The van der Waals surface area contributed by atoms with Crippen molar-refractivity contribution in [1.29, 1.82) is 0 Å². The molecule has 0 aliphatic carbocycles. The number of carbonyl (C=O) groups excluding carboxylic acids is 1. The largest absolute Gasteiger partial charge is 0.497 e. The number of methoxy groups -OCH3 is 1. The van der Waals surface area contributed by atoms with Crippen LogP contribution < -0.4 is 10.2 Å². The zero-order chi connectivity index (χ0) is 25.5. The number of pyridine rings is 2. The molecule has 0 spiro atoms. The molecule has 0 unspecified atom stereocenters. The first-order valence-electron chi connectivity index (χ1n) is 12.3. The fourth-order valence-electron chi connectivity index (χ4n) is 5.04. The number of hydroxylamine groups is 1. The molecule has 1 aliphatic heterocycles. The molecule has 3 aromatic rings. The lowest BCUT2D eigenvalue weighted by Gasteiger charge is -2.40. The number of nitrogens with zero attached hydrogens (tertiary/aromatic N) is 3. The van der Waals surface area contributed by atoms with Crippen LogP contribution in [-0.4, -0.2) is 63.6 Å². The van der Waals surface area contributed by atoms with Crippen LogP contribution in [0.2, 0.25) is 0 Å². The van der Waals surface area contributed by atoms with E-state index in [2.05, 4.69) is 14.9 Å². The fraction of sp³-hybridized carbons (Fsp3) is 0.444. The third kappa shape index (κ3) is 5.98. The van der Waals surface area contributed by atoms with Gasteiger partial charge in [-0.05, 0) is 87.2 Å². The maximum atomic E-state index is 12.8. The highest BCUT2D eigenvalue weighted by molar-refractivity contribution is 7.99. The van der Waals surface area contributed by atoms with Gasteiger partial charge in [0.25, 0.3) is 0 Å². The maximum absolute atomic E-state index is 12.8. The number of likely N-dealkylation sites (tertiary alicyclic amines) is 1. The third-order valence-corrected chi connectivity index (χ3v) is 8.16. The molecule has 3 heterocycles. The first kappa shape index (κ1) is 26.3. The van der Waals surface area contributed by atoms with Crippen molar-refractivity contribution in [3.63, 3.8) is 0 Å². The molecule has 1 atom stereocenters. The number of hydrogen-bond donors (Lipinski definition) is 3. The van der Waals surface area contributed by atoms with Crippen molar-refractivity contribution in [2.24, 2.45) is 5.41 Å². The van der Waals surface area contributed by atoms with Crippen molar-refractivity contribution < 1.29 is 19.8 Å². The summed E-state index contributed by atoms with van der Waals surface area (Å²) in [5, 5.41) is 22.6. The number of fused-ring (bicyclic) bond motifs is 1. The molecule has 0 radical (unpaired) electrons. The smallest absolute Gasteiger partial charge is 0.249 e. The van der Waals surface area contributed by atoms with E-state index >= 15 is 0 Å². The predicted molar refractivity (Wildman–Crippen MR) is 140 cm³/mol. The van der Waals surface area contributed by atoms with Crippen LogP contribution in [0, 0.1) is 12.3 Å². The Morgan fingerprint density at radius 3 is 2.75 bits per heavy atom. The topological polar surface area (TPSA) is 108 Å². The number of aliphatic hydroxyl groups excluding tert-OH is 1. The van der Waals surface area contributed by atoms with E-state index in [1.54, 1.807) is 31.3 Å². The Labute approximate surface area is 216 Å². The van der Waals surface area contributed by atoms with E-state index in [0.29, 0.717) is 31.4 Å². The van der Waals surface area contributed by atoms with E-state index in [1.807, 2.05) is 48.8 Å². The van der Waals surface area contributed by atoms with Gasteiger partial charge in [-0.2, -0.15) is 0 Å². The Hall–Kier alpha value is -2.72. The summed E-state index contributed by atoms with van der Waals surface area (Å²) in [5.74, 6) is 1.26. The lowest BCUT2D eigenvalue weighted by Crippen LogP contribution is -2.48. The van der Waals surface area contributed by atoms with Gasteiger partial charge in [0, 0.05) is 30.1 Å². The Bertz CT molecular complexity index is 1170. The molecule has 192 valence electrons. The number of aliphatic hydroxyl groups is 1. The first-order valence-corrected chi connectivity index (χ1v) is 13.3. The van der Waals surface area contributed by atoms with Crippen LogP contribution in [0.4, 0.5) is 0 Å². The summed E-state index contributed by atoms with van der Waals surface area (Å²) in [5.41, 5.74) is 3.67.